The number of aromatic nitrogens is 1. The van der Waals surface area contributed by atoms with Gasteiger partial charge in [0.2, 0.25) is 0 Å². The van der Waals surface area contributed by atoms with Crippen molar-refractivity contribution in [3.63, 3.8) is 0 Å². The molecule has 2 aromatic carbocycles. The molecule has 0 saturated heterocycles. The van der Waals surface area contributed by atoms with Crippen LogP contribution in [0.4, 0.5) is 0 Å². The Balaban J connectivity index is 2.26. The lowest BCUT2D eigenvalue weighted by Crippen LogP contribution is -1.97. The van der Waals surface area contributed by atoms with Gasteiger partial charge in [-0.15, -0.1) is 0 Å². The number of para-hydroxylation sites is 1. The van der Waals surface area contributed by atoms with Gasteiger partial charge in [-0.2, -0.15) is 5.26 Å². The van der Waals surface area contributed by atoms with Crippen LogP contribution in [0.15, 0.2) is 54.6 Å². The molecule has 0 spiro atoms. The van der Waals surface area contributed by atoms with Gasteiger partial charge < -0.3 is 5.73 Å². The number of fused-ring (bicyclic) bond motifs is 1. The van der Waals surface area contributed by atoms with Crippen molar-refractivity contribution in [1.82, 2.24) is 4.98 Å². The molecule has 2 N–H and O–H groups in total. The van der Waals surface area contributed by atoms with Crippen LogP contribution in [0.2, 0.25) is 0 Å². The number of hydrogen-bond acceptors (Lipinski definition) is 3. The molecule has 3 heteroatoms. The number of nitrogens with two attached hydrogens (primary N) is 1. The number of nitrogens with zero attached hydrogens (tertiary/aromatic N) is 2. The van der Waals surface area contributed by atoms with Gasteiger partial charge in [0.25, 0.3) is 0 Å². The van der Waals surface area contributed by atoms with Gasteiger partial charge in [0.1, 0.15) is 11.8 Å². The number of pyridine rings is 1. The van der Waals surface area contributed by atoms with Crippen LogP contribution in [0, 0.1) is 11.3 Å². The number of rotatable bonds is 2. The molecule has 0 aliphatic rings. The number of hydrogen-bond donors (Lipinski definition) is 1. The van der Waals surface area contributed by atoms with Gasteiger partial charge in [-0.05, 0) is 29.3 Å². The first-order chi connectivity index (χ1) is 9.81. The van der Waals surface area contributed by atoms with Crippen LogP contribution >= 0.6 is 0 Å². The van der Waals surface area contributed by atoms with E-state index in [9.17, 15) is 5.26 Å². The molecule has 0 unspecified atom stereocenters. The summed E-state index contributed by atoms with van der Waals surface area (Å²) in [6.45, 7) is 0.483. The van der Waals surface area contributed by atoms with Crippen LogP contribution in [-0.4, -0.2) is 4.98 Å². The fourth-order valence-corrected chi connectivity index (χ4v) is 2.29. The van der Waals surface area contributed by atoms with Gasteiger partial charge in [-0.3, -0.25) is 0 Å². The van der Waals surface area contributed by atoms with E-state index in [0.717, 1.165) is 27.6 Å². The SMILES string of the molecule is N#Cc1nc2ccccc2cc1-c1cccc(CN)c1. The highest BCUT2D eigenvalue weighted by molar-refractivity contribution is 5.86. The van der Waals surface area contributed by atoms with Crippen molar-refractivity contribution in [2.24, 2.45) is 5.73 Å². The molecule has 0 atom stereocenters. The average molecular weight is 259 g/mol. The minimum Gasteiger partial charge on any atom is -0.326 e. The monoisotopic (exact) mass is 259 g/mol. The second kappa shape index (κ2) is 5.12. The van der Waals surface area contributed by atoms with E-state index in [1.54, 1.807) is 0 Å². The van der Waals surface area contributed by atoms with Gasteiger partial charge in [0.15, 0.2) is 0 Å². The van der Waals surface area contributed by atoms with Crippen molar-refractivity contribution in [3.8, 4) is 17.2 Å². The zero-order valence-electron chi connectivity index (χ0n) is 10.9. The highest BCUT2D eigenvalue weighted by Crippen LogP contribution is 2.26. The summed E-state index contributed by atoms with van der Waals surface area (Å²) in [7, 11) is 0. The van der Waals surface area contributed by atoms with E-state index in [-0.39, 0.29) is 0 Å². The van der Waals surface area contributed by atoms with Gasteiger partial charge in [0.05, 0.1) is 5.52 Å². The minimum atomic E-state index is 0.442. The Kier molecular flexibility index (Phi) is 3.16. The van der Waals surface area contributed by atoms with Gasteiger partial charge in [-0.25, -0.2) is 4.98 Å². The lowest BCUT2D eigenvalue weighted by Gasteiger charge is -2.07. The zero-order chi connectivity index (χ0) is 13.9. The van der Waals surface area contributed by atoms with E-state index in [1.165, 1.54) is 0 Å². The molecule has 0 aliphatic carbocycles. The molecule has 1 aromatic heterocycles. The van der Waals surface area contributed by atoms with Crippen molar-refractivity contribution in [3.05, 3.63) is 65.9 Å². The molecule has 0 bridgehead atoms. The molecule has 0 saturated carbocycles. The summed E-state index contributed by atoms with van der Waals surface area (Å²) in [6.07, 6.45) is 0. The van der Waals surface area contributed by atoms with Crippen molar-refractivity contribution in [2.75, 3.05) is 0 Å². The number of benzene rings is 2. The predicted octanol–water partition coefficient (Wildman–Crippen LogP) is 3.23. The maximum Gasteiger partial charge on any atom is 0.149 e. The molecular weight excluding hydrogens is 246 g/mol. The summed E-state index contributed by atoms with van der Waals surface area (Å²) in [5.74, 6) is 0. The van der Waals surface area contributed by atoms with Crippen molar-refractivity contribution < 1.29 is 0 Å². The fourth-order valence-electron chi connectivity index (χ4n) is 2.29. The van der Waals surface area contributed by atoms with Crippen LogP contribution in [0.25, 0.3) is 22.0 Å². The summed E-state index contributed by atoms with van der Waals surface area (Å²) < 4.78 is 0. The van der Waals surface area contributed by atoms with Crippen LogP contribution in [0.3, 0.4) is 0 Å². The normalized spacial score (nSPS) is 10.4. The molecule has 96 valence electrons. The Bertz CT molecular complexity index is 816. The lowest BCUT2D eigenvalue weighted by molar-refractivity contribution is 1.07. The van der Waals surface area contributed by atoms with E-state index in [0.29, 0.717) is 12.2 Å². The van der Waals surface area contributed by atoms with E-state index in [4.69, 9.17) is 5.73 Å². The van der Waals surface area contributed by atoms with Gasteiger partial charge in [-0.1, -0.05) is 36.4 Å². The van der Waals surface area contributed by atoms with Crippen LogP contribution < -0.4 is 5.73 Å². The Morgan fingerprint density at radius 2 is 1.90 bits per heavy atom. The third-order valence-electron chi connectivity index (χ3n) is 3.30. The van der Waals surface area contributed by atoms with E-state index in [1.807, 2.05) is 54.6 Å². The Morgan fingerprint density at radius 1 is 1.05 bits per heavy atom. The largest absolute Gasteiger partial charge is 0.326 e. The molecule has 0 amide bonds. The fraction of sp³-hybridized carbons (Fsp3) is 0.0588. The maximum absolute atomic E-state index is 9.33. The molecule has 0 radical (unpaired) electrons. The van der Waals surface area contributed by atoms with E-state index < -0.39 is 0 Å². The molecule has 20 heavy (non-hydrogen) atoms. The second-order valence-electron chi connectivity index (χ2n) is 4.59. The highest BCUT2D eigenvalue weighted by atomic mass is 14.7. The summed E-state index contributed by atoms with van der Waals surface area (Å²) in [5.41, 5.74) is 9.82. The molecule has 0 aliphatic heterocycles. The van der Waals surface area contributed by atoms with Crippen molar-refractivity contribution in [1.29, 1.82) is 5.26 Å². The minimum absolute atomic E-state index is 0.442. The Hall–Kier alpha value is -2.70. The van der Waals surface area contributed by atoms with Gasteiger partial charge in [0, 0.05) is 17.5 Å². The molecule has 3 nitrogen and oxygen atoms in total. The Morgan fingerprint density at radius 3 is 2.70 bits per heavy atom. The standard InChI is InChI=1S/C17H13N3/c18-10-12-4-3-6-13(8-12)15-9-14-5-1-2-7-16(14)20-17(15)11-19/h1-9H,10,18H2. The van der Waals surface area contributed by atoms with Crippen LogP contribution in [0.5, 0.6) is 0 Å². The van der Waals surface area contributed by atoms with Crippen LogP contribution in [0.1, 0.15) is 11.3 Å². The zero-order valence-corrected chi connectivity index (χ0v) is 10.9. The van der Waals surface area contributed by atoms with Gasteiger partial charge >= 0.3 is 0 Å². The lowest BCUT2D eigenvalue weighted by atomic mass is 10.00. The molecule has 3 rings (SSSR count). The molecule has 1 heterocycles. The quantitative estimate of drug-likeness (QED) is 0.768. The van der Waals surface area contributed by atoms with Crippen LogP contribution in [-0.2, 0) is 6.54 Å². The highest BCUT2D eigenvalue weighted by Gasteiger charge is 2.09. The maximum atomic E-state index is 9.33. The topological polar surface area (TPSA) is 62.7 Å². The third-order valence-corrected chi connectivity index (χ3v) is 3.30. The van der Waals surface area contributed by atoms with Crippen molar-refractivity contribution in [2.45, 2.75) is 6.54 Å². The number of nitriles is 1. The first-order valence-corrected chi connectivity index (χ1v) is 6.41. The molecule has 0 fully saturated rings. The van der Waals surface area contributed by atoms with Crippen molar-refractivity contribution >= 4 is 10.9 Å². The first kappa shape index (κ1) is 12.3. The summed E-state index contributed by atoms with van der Waals surface area (Å²) in [4.78, 5) is 4.43. The average Bonchev–Trinajstić information content (AvgIpc) is 2.53. The summed E-state index contributed by atoms with van der Waals surface area (Å²) in [6, 6.07) is 19.9. The smallest absolute Gasteiger partial charge is 0.149 e. The third kappa shape index (κ3) is 2.13. The van der Waals surface area contributed by atoms with E-state index in [2.05, 4.69) is 11.1 Å². The second-order valence-corrected chi connectivity index (χ2v) is 4.59. The molecule has 3 aromatic rings. The molecular formula is C17H13N3. The van der Waals surface area contributed by atoms with E-state index >= 15 is 0 Å². The summed E-state index contributed by atoms with van der Waals surface area (Å²) in [5, 5.41) is 10.4. The predicted molar refractivity (Wildman–Crippen MR) is 79.8 cm³/mol. The Labute approximate surface area is 117 Å². The first-order valence-electron chi connectivity index (χ1n) is 6.41. The summed E-state index contributed by atoms with van der Waals surface area (Å²) >= 11 is 0.